The molecule has 7 aliphatic rings. The summed E-state index contributed by atoms with van der Waals surface area (Å²) in [5.41, 5.74) is -2.34. The predicted octanol–water partition coefficient (Wildman–Crippen LogP) is 5.97. The Bertz CT molecular complexity index is 3220. The van der Waals surface area contributed by atoms with E-state index in [1.165, 1.54) is 85.8 Å². The van der Waals surface area contributed by atoms with E-state index in [4.69, 9.17) is 9.47 Å². The van der Waals surface area contributed by atoms with Crippen molar-refractivity contribution in [3.8, 4) is 0 Å². The quantitative estimate of drug-likeness (QED) is 0.119. The molecule has 108 heavy (non-hydrogen) atoms. The minimum absolute atomic E-state index is 0.0150. The van der Waals surface area contributed by atoms with Crippen molar-refractivity contribution in [1.82, 2.24) is 60.0 Å². The summed E-state index contributed by atoms with van der Waals surface area (Å²) in [7, 11) is 11.1. The molecule has 7 rings (SSSR count). The molecule has 4 saturated carbocycles. The number of fused-ring (bicyclic) bond motifs is 3. The second kappa shape index (κ2) is 37.8. The van der Waals surface area contributed by atoms with Crippen molar-refractivity contribution in [3.05, 3.63) is 12.2 Å². The Hall–Kier alpha value is -7.05. The lowest BCUT2D eigenvalue weighted by atomic mass is 9.58. The van der Waals surface area contributed by atoms with Gasteiger partial charge in [0.25, 0.3) is 0 Å². The van der Waals surface area contributed by atoms with Crippen LogP contribution in [0.2, 0.25) is 0 Å². The molecule has 26 nitrogen and oxygen atoms in total. The Balaban J connectivity index is 1.35. The molecule has 6 fully saturated rings. The van der Waals surface area contributed by atoms with E-state index in [9.17, 15) is 37.1 Å². The summed E-state index contributed by atoms with van der Waals surface area (Å²) in [5.74, 6) is -13.9. The van der Waals surface area contributed by atoms with Crippen molar-refractivity contribution in [2.75, 3.05) is 89.2 Å². The highest BCUT2D eigenvalue weighted by atomic mass is 19.4. The van der Waals surface area contributed by atoms with Gasteiger partial charge in [0, 0.05) is 82.0 Å². The molecular formula is C77H123F5N12O14. The molecule has 2 unspecified atom stereocenters. The van der Waals surface area contributed by atoms with Gasteiger partial charge in [-0.1, -0.05) is 105 Å². The van der Waals surface area contributed by atoms with Crippen molar-refractivity contribution in [1.29, 1.82) is 0 Å². The number of alkyl halides is 5. The summed E-state index contributed by atoms with van der Waals surface area (Å²) in [4.78, 5) is 194. The number of hydrogen-bond donors (Lipinski definition) is 3. The molecule has 0 aromatic heterocycles. The third-order valence-electron chi connectivity index (χ3n) is 23.8. The van der Waals surface area contributed by atoms with Crippen molar-refractivity contribution in [2.45, 2.75) is 281 Å². The first-order valence-corrected chi connectivity index (χ1v) is 39.1. The molecule has 3 N–H and O–H groups in total. The van der Waals surface area contributed by atoms with Gasteiger partial charge in [0.15, 0.2) is 0 Å². The van der Waals surface area contributed by atoms with E-state index >= 15 is 42.3 Å². The molecule has 2 bridgehead atoms. The van der Waals surface area contributed by atoms with E-state index in [0.29, 0.717) is 38.5 Å². The van der Waals surface area contributed by atoms with Crippen LogP contribution >= 0.6 is 0 Å². The maximum atomic E-state index is 15.8. The lowest BCUT2D eigenvalue weighted by Gasteiger charge is -2.54. The van der Waals surface area contributed by atoms with E-state index in [1.54, 1.807) is 26.8 Å². The van der Waals surface area contributed by atoms with E-state index < -0.39 is 236 Å². The number of methoxy groups -OCH3 is 1. The number of halogens is 5. The van der Waals surface area contributed by atoms with Gasteiger partial charge in [-0.25, -0.2) is 8.78 Å². The van der Waals surface area contributed by atoms with Gasteiger partial charge in [0.05, 0.1) is 31.8 Å². The minimum Gasteiger partial charge on any atom is -0.382 e. The summed E-state index contributed by atoms with van der Waals surface area (Å²) < 4.78 is 85.0. The predicted molar refractivity (Wildman–Crippen MR) is 392 cm³/mol. The SMILES string of the molecule is CCC(CC)[C@H]1C(=O)N(C)[C@H](C(=O)N(C)C)CC(=O)N(C)[C@@H](COC)C(=O)N[C@@H]([C@@H](C)CC)C(=O)N(C2CC2)CC(=O)N(C)[C@H]2C/C=C\CCN(C2=O)[C@@H](CC2CCCCC2)C(=O)N(C)CC(=O)N[C@@H](CCC2CC(F)C(C(F)(F)F)C(F)C2)C(=O)N2C[C@H](OC(C)C)C[C@H]2C(=O)NC2(CC(C)(C)C2)C(=O)N1C. The molecule has 31 heteroatoms. The third kappa shape index (κ3) is 21.3. The van der Waals surface area contributed by atoms with Crippen LogP contribution in [-0.4, -0.2) is 295 Å². The van der Waals surface area contributed by atoms with Crippen LogP contribution < -0.4 is 16.0 Å². The van der Waals surface area contributed by atoms with Crippen LogP contribution in [0, 0.1) is 35.0 Å². The van der Waals surface area contributed by atoms with Gasteiger partial charge in [-0.15, -0.1) is 0 Å². The molecule has 0 radical (unpaired) electrons. The molecule has 0 aromatic rings. The smallest absolute Gasteiger partial charge is 0.382 e. The van der Waals surface area contributed by atoms with Gasteiger partial charge in [0.2, 0.25) is 70.9 Å². The topological polar surface area (TPSA) is 289 Å². The van der Waals surface area contributed by atoms with E-state index in [0.717, 1.165) is 46.8 Å². The Morgan fingerprint density at radius 3 is 1.85 bits per heavy atom. The maximum Gasteiger partial charge on any atom is 0.397 e. The Labute approximate surface area is 634 Å². The van der Waals surface area contributed by atoms with Gasteiger partial charge in [-0.3, -0.25) is 57.5 Å². The zero-order valence-corrected chi connectivity index (χ0v) is 66.6. The summed E-state index contributed by atoms with van der Waals surface area (Å²) in [6.45, 7) is 12.6. The molecule has 0 aromatic carbocycles. The van der Waals surface area contributed by atoms with Crippen LogP contribution in [0.5, 0.6) is 0 Å². The number of carbonyl (C=O) groups is 12. The first kappa shape index (κ1) is 88.2. The molecular weight excluding hydrogens is 1410 g/mol. The molecule has 1 spiro atoms. The summed E-state index contributed by atoms with van der Waals surface area (Å²) >= 11 is 0. The average molecular weight is 1540 g/mol. The lowest BCUT2D eigenvalue weighted by Crippen LogP contribution is -2.71. The number of nitrogens with zero attached hydrogens (tertiary/aromatic N) is 9. The fourth-order valence-corrected chi connectivity index (χ4v) is 17.5. The largest absolute Gasteiger partial charge is 0.397 e. The highest BCUT2D eigenvalue weighted by molar-refractivity contribution is 6.01. The van der Waals surface area contributed by atoms with Crippen molar-refractivity contribution in [2.24, 2.45) is 35.0 Å². The van der Waals surface area contributed by atoms with Crippen molar-refractivity contribution < 1.29 is 89.0 Å². The van der Waals surface area contributed by atoms with E-state index in [-0.39, 0.29) is 57.5 Å². The number of ether oxygens (including phenoxy) is 2. The molecule has 3 aliphatic heterocycles. The molecule has 3 heterocycles. The maximum absolute atomic E-state index is 15.8. The van der Waals surface area contributed by atoms with Crippen molar-refractivity contribution >= 4 is 70.9 Å². The monoisotopic (exact) mass is 1530 g/mol. The molecule has 12 amide bonds. The Kier molecular flexibility index (Phi) is 30.8. The number of nitrogens with one attached hydrogen (secondary N) is 3. The Morgan fingerprint density at radius 1 is 0.667 bits per heavy atom. The molecule has 2 saturated heterocycles. The Morgan fingerprint density at radius 2 is 1.30 bits per heavy atom. The number of likely N-dealkylation sites (N-methyl/N-ethyl adjacent to an activating group) is 6. The highest BCUT2D eigenvalue weighted by Gasteiger charge is 2.60. The van der Waals surface area contributed by atoms with Crippen LogP contribution in [0.25, 0.3) is 0 Å². The van der Waals surface area contributed by atoms with Crippen LogP contribution in [0.4, 0.5) is 22.0 Å². The standard InChI is InChI=1S/C77H123F5N12O14/c1-17-46(6)64-72(104)93(50-30-31-50)41-62(97)88(12)55-28-24-21-25-33-92(71(55)103)58(36-47-26-22-20-23-27-47)70(102)87(11)40-60(95)83-54(32-29-48-34-52(78)63(53(79)35-48)77(80,81)82)68(100)94-39-51(108-45(4)5)37-56(94)67(99)85-76(43-75(7,8)44-76)74(106)91(15)65(49(18-2)19-3)73(105)90(14)57(69(101)86(9)10)38-61(96)89(13)59(42-107-16)66(98)84-64/h21,24,45-59,63-65H,17-20,22-23,25-44H2,1-16H3,(H,83,95)(H,84,98)(H,85,99)/b24-21-/t46-,48?,51+,52?,53?,54-,55-,56-,57-,58-,59-,63?,64-,65-/m0/s1. The molecule has 4 aliphatic carbocycles. The second-order valence-corrected chi connectivity index (χ2v) is 33.2. The fraction of sp³-hybridized carbons (Fsp3) is 0.818. The van der Waals surface area contributed by atoms with Crippen LogP contribution in [0.3, 0.4) is 0 Å². The van der Waals surface area contributed by atoms with E-state index in [1.807, 2.05) is 40.7 Å². The third-order valence-corrected chi connectivity index (χ3v) is 23.8. The summed E-state index contributed by atoms with van der Waals surface area (Å²) in [6, 6.07) is -11.5. The molecule has 610 valence electrons. The van der Waals surface area contributed by atoms with E-state index in [2.05, 4.69) is 16.0 Å². The second-order valence-electron chi connectivity index (χ2n) is 33.2. The van der Waals surface area contributed by atoms with Crippen molar-refractivity contribution in [3.63, 3.8) is 0 Å². The number of amides is 12. The number of hydrogen-bond acceptors (Lipinski definition) is 14. The zero-order chi connectivity index (χ0) is 80.4. The zero-order valence-electron chi connectivity index (χ0n) is 66.6. The molecule has 12 atom stereocenters. The highest BCUT2D eigenvalue weighted by Crippen LogP contribution is 2.50. The average Bonchev–Trinajstić information content (AvgIpc) is 0.838. The fourth-order valence-electron chi connectivity index (χ4n) is 17.5. The number of carbonyl (C=O) groups excluding carboxylic acids is 12. The first-order valence-electron chi connectivity index (χ1n) is 39.1. The van der Waals surface area contributed by atoms with Gasteiger partial charge < -0.3 is 69.5 Å². The van der Waals surface area contributed by atoms with Crippen LogP contribution in [0.15, 0.2) is 12.2 Å². The number of rotatable bonds is 16. The first-order chi connectivity index (χ1) is 50.7. The van der Waals surface area contributed by atoms with Gasteiger partial charge in [-0.05, 0) is 114 Å². The van der Waals surface area contributed by atoms with Gasteiger partial charge >= 0.3 is 6.18 Å². The normalized spacial score (nSPS) is 31.0. The summed E-state index contributed by atoms with van der Waals surface area (Å²) in [6.07, 6.45) is -4.28. The van der Waals surface area contributed by atoms with Crippen LogP contribution in [0.1, 0.15) is 190 Å². The lowest BCUT2D eigenvalue weighted by molar-refractivity contribution is -0.219. The van der Waals surface area contributed by atoms with Gasteiger partial charge in [0.1, 0.15) is 78.7 Å². The van der Waals surface area contributed by atoms with Gasteiger partial charge in [-0.2, -0.15) is 13.2 Å². The van der Waals surface area contributed by atoms with Crippen LogP contribution in [-0.2, 0) is 67.0 Å². The minimum atomic E-state index is -5.18. The summed E-state index contributed by atoms with van der Waals surface area (Å²) in [5, 5.41) is 8.63.